The summed E-state index contributed by atoms with van der Waals surface area (Å²) in [6.45, 7) is 1.94. The lowest BCUT2D eigenvalue weighted by Gasteiger charge is -2.24. The third kappa shape index (κ3) is 3.79. The number of carbonyl (C=O) groups excluding carboxylic acids is 1. The normalized spacial score (nSPS) is 15.1. The van der Waals surface area contributed by atoms with E-state index in [0.29, 0.717) is 11.5 Å². The van der Waals surface area contributed by atoms with Gasteiger partial charge in [0.25, 0.3) is 5.91 Å². The number of halogens is 1. The van der Waals surface area contributed by atoms with Crippen molar-refractivity contribution in [3.8, 4) is 0 Å². The number of carboxylic acids is 1. The van der Waals surface area contributed by atoms with E-state index in [2.05, 4.69) is 31.7 Å². The van der Waals surface area contributed by atoms with Crippen LogP contribution < -0.4 is 10.6 Å². The van der Waals surface area contributed by atoms with Gasteiger partial charge < -0.3 is 15.7 Å². The highest BCUT2D eigenvalue weighted by Crippen LogP contribution is 2.33. The van der Waals surface area contributed by atoms with Crippen LogP contribution >= 0.6 is 15.9 Å². The molecule has 146 valence electrons. The summed E-state index contributed by atoms with van der Waals surface area (Å²) in [6.07, 6.45) is 3.02. The number of rotatable bonds is 4. The molecule has 0 bridgehead atoms. The molecular formula is C21H17BrN4O3. The summed E-state index contributed by atoms with van der Waals surface area (Å²) in [6, 6.07) is 14.5. The van der Waals surface area contributed by atoms with Gasteiger partial charge in [-0.3, -0.25) is 4.79 Å². The van der Waals surface area contributed by atoms with Gasteiger partial charge in [0.2, 0.25) is 0 Å². The van der Waals surface area contributed by atoms with E-state index in [1.807, 2.05) is 49.4 Å². The van der Waals surface area contributed by atoms with Crippen molar-refractivity contribution < 1.29 is 14.7 Å². The molecule has 1 atom stereocenters. The van der Waals surface area contributed by atoms with Gasteiger partial charge >= 0.3 is 5.97 Å². The highest BCUT2D eigenvalue weighted by molar-refractivity contribution is 9.10. The van der Waals surface area contributed by atoms with Crippen LogP contribution in [0.4, 0.5) is 11.5 Å². The number of benzene rings is 2. The first-order chi connectivity index (χ1) is 13.9. The Morgan fingerprint density at radius 3 is 2.66 bits per heavy atom. The topological polar surface area (TPSA) is 96.3 Å². The third-order valence-corrected chi connectivity index (χ3v) is 5.13. The lowest BCUT2D eigenvalue weighted by Crippen LogP contribution is -2.25. The first-order valence-corrected chi connectivity index (χ1v) is 9.65. The summed E-state index contributed by atoms with van der Waals surface area (Å²) in [5.41, 5.74) is 2.79. The number of nitrogens with zero attached hydrogens (tertiary/aromatic N) is 2. The monoisotopic (exact) mass is 452 g/mol. The molecule has 0 saturated carbocycles. The fourth-order valence-corrected chi connectivity index (χ4v) is 3.47. The van der Waals surface area contributed by atoms with E-state index < -0.39 is 12.0 Å². The number of hydrogen-bond acceptors (Lipinski definition) is 4. The van der Waals surface area contributed by atoms with Gasteiger partial charge in [-0.15, -0.1) is 0 Å². The van der Waals surface area contributed by atoms with Crippen LogP contribution in [0.2, 0.25) is 0 Å². The van der Waals surface area contributed by atoms with Gasteiger partial charge in [0.05, 0.1) is 12.2 Å². The molecule has 0 aliphatic carbocycles. The number of amides is 1. The second-order valence-electron chi connectivity index (χ2n) is 6.68. The Balaban J connectivity index is 1.72. The van der Waals surface area contributed by atoms with Crippen LogP contribution in [0.1, 0.15) is 27.5 Å². The maximum atomic E-state index is 12.8. The zero-order valence-corrected chi connectivity index (χ0v) is 17.0. The molecule has 1 amide bonds. The van der Waals surface area contributed by atoms with Crippen LogP contribution in [0, 0.1) is 6.92 Å². The molecule has 1 aliphatic rings. The predicted molar refractivity (Wildman–Crippen MR) is 113 cm³/mol. The van der Waals surface area contributed by atoms with Crippen LogP contribution in [0.15, 0.2) is 71.0 Å². The van der Waals surface area contributed by atoms with Crippen LogP contribution in [-0.4, -0.2) is 26.8 Å². The van der Waals surface area contributed by atoms with Gasteiger partial charge in [0.1, 0.15) is 17.1 Å². The van der Waals surface area contributed by atoms with Crippen molar-refractivity contribution in [3.63, 3.8) is 0 Å². The average molecular weight is 453 g/mol. The molecule has 2 aromatic carbocycles. The molecule has 2 heterocycles. The fraction of sp³-hybridized carbons (Fsp3) is 0.0952. The lowest BCUT2D eigenvalue weighted by molar-refractivity contribution is -0.132. The maximum absolute atomic E-state index is 12.8. The SMILES string of the molecule is Cc1cccc(NC(=O)c2cnn3c2NC(C(=O)O)=C[C@@H]3c2ccc(Br)cc2)c1. The molecule has 1 aliphatic heterocycles. The number of aromatic nitrogens is 2. The third-order valence-electron chi connectivity index (χ3n) is 4.60. The number of aliphatic carboxylic acids is 1. The lowest BCUT2D eigenvalue weighted by atomic mass is 10.0. The Bertz CT molecular complexity index is 1140. The molecule has 0 saturated heterocycles. The molecular weight excluding hydrogens is 436 g/mol. The van der Waals surface area contributed by atoms with Gasteiger partial charge in [-0.05, 0) is 48.4 Å². The van der Waals surface area contributed by atoms with E-state index >= 15 is 0 Å². The number of allylic oxidation sites excluding steroid dienone is 1. The number of carboxylic acid groups (broad SMARTS) is 1. The zero-order valence-electron chi connectivity index (χ0n) is 15.4. The quantitative estimate of drug-likeness (QED) is 0.551. The van der Waals surface area contributed by atoms with E-state index in [0.717, 1.165) is 15.6 Å². The van der Waals surface area contributed by atoms with Crippen molar-refractivity contribution in [1.29, 1.82) is 0 Å². The number of anilines is 2. The van der Waals surface area contributed by atoms with Crippen LogP contribution in [0.5, 0.6) is 0 Å². The number of carbonyl (C=O) groups is 2. The summed E-state index contributed by atoms with van der Waals surface area (Å²) in [5, 5.41) is 19.6. The number of nitrogens with one attached hydrogen (secondary N) is 2. The van der Waals surface area contributed by atoms with Gasteiger partial charge in [-0.25, -0.2) is 9.48 Å². The van der Waals surface area contributed by atoms with Gasteiger partial charge in [0, 0.05) is 10.2 Å². The number of aryl methyl sites for hydroxylation is 1. The Morgan fingerprint density at radius 1 is 1.21 bits per heavy atom. The number of fused-ring (bicyclic) bond motifs is 1. The summed E-state index contributed by atoms with van der Waals surface area (Å²) < 4.78 is 2.53. The second kappa shape index (κ2) is 7.56. The largest absolute Gasteiger partial charge is 0.477 e. The molecule has 3 N–H and O–H groups in total. The summed E-state index contributed by atoms with van der Waals surface area (Å²) >= 11 is 3.40. The molecule has 0 radical (unpaired) electrons. The Kier molecular flexibility index (Phi) is 4.94. The summed E-state index contributed by atoms with van der Waals surface area (Å²) in [5.74, 6) is -1.14. The van der Waals surface area contributed by atoms with E-state index in [1.54, 1.807) is 16.8 Å². The molecule has 0 spiro atoms. The van der Waals surface area contributed by atoms with Crippen molar-refractivity contribution in [2.45, 2.75) is 13.0 Å². The van der Waals surface area contributed by atoms with Crippen molar-refractivity contribution in [3.05, 3.63) is 87.7 Å². The van der Waals surface area contributed by atoms with Gasteiger partial charge in [-0.1, -0.05) is 40.2 Å². The molecule has 7 nitrogen and oxygen atoms in total. The Morgan fingerprint density at radius 2 is 1.97 bits per heavy atom. The van der Waals surface area contributed by atoms with Crippen LogP contribution in [0.25, 0.3) is 0 Å². The minimum atomic E-state index is -1.11. The molecule has 8 heteroatoms. The van der Waals surface area contributed by atoms with Crippen molar-refractivity contribution >= 4 is 39.3 Å². The van der Waals surface area contributed by atoms with E-state index in [1.165, 1.54) is 6.20 Å². The fourth-order valence-electron chi connectivity index (χ4n) is 3.20. The maximum Gasteiger partial charge on any atom is 0.352 e. The van der Waals surface area contributed by atoms with Crippen LogP contribution in [-0.2, 0) is 4.79 Å². The predicted octanol–water partition coefficient (Wildman–Crippen LogP) is 4.19. The van der Waals surface area contributed by atoms with Crippen molar-refractivity contribution in [1.82, 2.24) is 9.78 Å². The Labute approximate surface area is 175 Å². The van der Waals surface area contributed by atoms with Gasteiger partial charge in [-0.2, -0.15) is 5.10 Å². The molecule has 0 unspecified atom stereocenters. The first kappa shape index (κ1) is 18.9. The van der Waals surface area contributed by atoms with E-state index in [4.69, 9.17) is 0 Å². The Hall–Kier alpha value is -3.39. The first-order valence-electron chi connectivity index (χ1n) is 8.85. The van der Waals surface area contributed by atoms with E-state index in [9.17, 15) is 14.7 Å². The average Bonchev–Trinajstić information content (AvgIpc) is 3.12. The van der Waals surface area contributed by atoms with Crippen molar-refractivity contribution in [2.24, 2.45) is 0 Å². The minimum Gasteiger partial charge on any atom is -0.477 e. The standard InChI is InChI=1S/C21H17BrN4O3/c1-12-3-2-4-15(9-12)24-20(27)16-11-23-26-18(13-5-7-14(22)8-6-13)10-17(21(28)29)25-19(16)26/h2-11,18,25H,1H3,(H,24,27)(H,28,29)/t18-/m1/s1. The summed E-state index contributed by atoms with van der Waals surface area (Å²) in [4.78, 5) is 24.5. The highest BCUT2D eigenvalue weighted by atomic mass is 79.9. The smallest absolute Gasteiger partial charge is 0.352 e. The van der Waals surface area contributed by atoms with E-state index in [-0.39, 0.29) is 17.2 Å². The molecule has 0 fully saturated rings. The van der Waals surface area contributed by atoms with Crippen LogP contribution in [0.3, 0.4) is 0 Å². The molecule has 4 rings (SSSR count). The molecule has 3 aromatic rings. The molecule has 29 heavy (non-hydrogen) atoms. The summed E-state index contributed by atoms with van der Waals surface area (Å²) in [7, 11) is 0. The molecule has 1 aromatic heterocycles. The second-order valence-corrected chi connectivity index (χ2v) is 7.60. The minimum absolute atomic E-state index is 0.00414. The number of hydrogen-bond donors (Lipinski definition) is 3. The zero-order chi connectivity index (χ0) is 20.5. The van der Waals surface area contributed by atoms with Crippen molar-refractivity contribution in [2.75, 3.05) is 10.6 Å². The van der Waals surface area contributed by atoms with Gasteiger partial charge in [0.15, 0.2) is 0 Å². The highest BCUT2D eigenvalue weighted by Gasteiger charge is 2.29.